The summed E-state index contributed by atoms with van der Waals surface area (Å²) in [6.07, 6.45) is 0.434. The van der Waals surface area contributed by atoms with Crippen molar-refractivity contribution in [2.75, 3.05) is 12.3 Å². The molecular weight excluding hydrogens is 358 g/mol. The average molecular weight is 371 g/mol. The molecule has 6 nitrogen and oxygen atoms in total. The van der Waals surface area contributed by atoms with Crippen LogP contribution in [-0.4, -0.2) is 20.9 Å². The maximum absolute atomic E-state index is 12.0. The Hall–Kier alpha value is -0.830. The minimum Gasteiger partial charge on any atom is -0.398 e. The number of primary amides is 1. The van der Waals surface area contributed by atoms with Crippen LogP contribution in [0.5, 0.6) is 0 Å². The van der Waals surface area contributed by atoms with E-state index in [1.165, 1.54) is 12.1 Å². The number of nitrogens with two attached hydrogens (primary N) is 2. The molecule has 0 aromatic heterocycles. The summed E-state index contributed by atoms with van der Waals surface area (Å²) in [6, 6.07) is 2.73. The van der Waals surface area contributed by atoms with Gasteiger partial charge in [-0.25, -0.2) is 13.1 Å². The van der Waals surface area contributed by atoms with Crippen molar-refractivity contribution >= 4 is 49.1 Å². The number of carbonyl (C=O) groups is 1. The molecule has 0 aliphatic heterocycles. The summed E-state index contributed by atoms with van der Waals surface area (Å²) in [6.45, 7) is 0.101. The molecule has 106 valence electrons. The second-order valence-electron chi connectivity index (χ2n) is 3.77. The van der Waals surface area contributed by atoms with E-state index in [1.54, 1.807) is 0 Å². The smallest absolute Gasteiger partial charge is 0.241 e. The van der Waals surface area contributed by atoms with Crippen LogP contribution in [-0.2, 0) is 14.8 Å². The highest BCUT2D eigenvalue weighted by Crippen LogP contribution is 2.31. The molecule has 0 heterocycles. The number of hydrogen-bond acceptors (Lipinski definition) is 4. The fourth-order valence-corrected chi connectivity index (χ4v) is 3.69. The first-order valence-corrected chi connectivity index (χ1v) is 7.92. The normalized spacial score (nSPS) is 11.5. The highest BCUT2D eigenvalue weighted by molar-refractivity contribution is 9.10. The van der Waals surface area contributed by atoms with Gasteiger partial charge in [0.2, 0.25) is 15.9 Å². The van der Waals surface area contributed by atoms with Crippen molar-refractivity contribution in [1.29, 1.82) is 0 Å². The number of benzene rings is 1. The van der Waals surface area contributed by atoms with Gasteiger partial charge < -0.3 is 11.5 Å². The fraction of sp³-hybridized carbons (Fsp3) is 0.300. The standard InChI is InChI=1S/C10H13BrClN3O3S/c11-10-7(13)4-6(12)5-8(10)19(17,18)15-3-1-2-9(14)16/h4-5,15H,1-3,13H2,(H2,14,16). The molecule has 1 amide bonds. The van der Waals surface area contributed by atoms with Gasteiger partial charge >= 0.3 is 0 Å². The van der Waals surface area contributed by atoms with Crippen LogP contribution in [0.1, 0.15) is 12.8 Å². The number of hydrogen-bond donors (Lipinski definition) is 3. The third-order valence-electron chi connectivity index (χ3n) is 2.21. The van der Waals surface area contributed by atoms with Crippen molar-refractivity contribution in [3.8, 4) is 0 Å². The molecule has 0 aliphatic carbocycles. The molecule has 1 aromatic rings. The van der Waals surface area contributed by atoms with Crippen molar-refractivity contribution in [3.63, 3.8) is 0 Å². The third-order valence-corrected chi connectivity index (χ3v) is 5.06. The Morgan fingerprint density at radius 2 is 2.05 bits per heavy atom. The van der Waals surface area contributed by atoms with Crippen LogP contribution in [0.2, 0.25) is 5.02 Å². The summed E-state index contributed by atoms with van der Waals surface area (Å²) in [7, 11) is -3.75. The summed E-state index contributed by atoms with van der Waals surface area (Å²) in [5.74, 6) is -0.479. The largest absolute Gasteiger partial charge is 0.398 e. The number of amides is 1. The molecule has 0 aliphatic rings. The van der Waals surface area contributed by atoms with Gasteiger partial charge in [0.15, 0.2) is 0 Å². The molecule has 5 N–H and O–H groups in total. The van der Waals surface area contributed by atoms with E-state index >= 15 is 0 Å². The first-order chi connectivity index (χ1) is 8.74. The lowest BCUT2D eigenvalue weighted by atomic mass is 10.3. The van der Waals surface area contributed by atoms with Gasteiger partial charge in [0.1, 0.15) is 0 Å². The lowest BCUT2D eigenvalue weighted by Crippen LogP contribution is -2.26. The van der Waals surface area contributed by atoms with Crippen LogP contribution in [0.4, 0.5) is 5.69 Å². The van der Waals surface area contributed by atoms with Crippen molar-refractivity contribution in [1.82, 2.24) is 4.72 Å². The van der Waals surface area contributed by atoms with Gasteiger partial charge in [0.25, 0.3) is 0 Å². The summed E-state index contributed by atoms with van der Waals surface area (Å²) in [4.78, 5) is 10.5. The highest BCUT2D eigenvalue weighted by Gasteiger charge is 2.19. The lowest BCUT2D eigenvalue weighted by Gasteiger charge is -2.10. The Balaban J connectivity index is 2.86. The van der Waals surface area contributed by atoms with E-state index in [9.17, 15) is 13.2 Å². The molecular formula is C10H13BrClN3O3S. The minimum atomic E-state index is -3.75. The van der Waals surface area contributed by atoms with E-state index in [1.807, 2.05) is 0 Å². The van der Waals surface area contributed by atoms with Gasteiger partial charge in [-0.1, -0.05) is 11.6 Å². The molecule has 0 atom stereocenters. The lowest BCUT2D eigenvalue weighted by molar-refractivity contribution is -0.118. The van der Waals surface area contributed by atoms with Gasteiger partial charge in [-0.2, -0.15) is 0 Å². The zero-order chi connectivity index (χ0) is 14.6. The molecule has 9 heteroatoms. The van der Waals surface area contributed by atoms with Crippen LogP contribution in [0.25, 0.3) is 0 Å². The summed E-state index contributed by atoms with van der Waals surface area (Å²) in [5.41, 5.74) is 10.8. The molecule has 0 saturated carbocycles. The quantitative estimate of drug-likeness (QED) is 0.516. The Kier molecular flexibility index (Phi) is 5.60. The Morgan fingerprint density at radius 3 is 2.63 bits per heavy atom. The SMILES string of the molecule is NC(=O)CCCNS(=O)(=O)c1cc(Cl)cc(N)c1Br. The molecule has 0 saturated heterocycles. The predicted octanol–water partition coefficient (Wildman–Crippen LogP) is 1.23. The second-order valence-corrected chi connectivity index (χ2v) is 6.74. The maximum atomic E-state index is 12.0. The Labute approximate surface area is 124 Å². The number of carbonyl (C=O) groups excluding carboxylic acids is 1. The summed E-state index contributed by atoms with van der Waals surface area (Å²) >= 11 is 8.88. The van der Waals surface area contributed by atoms with Crippen LogP contribution >= 0.6 is 27.5 Å². The topological polar surface area (TPSA) is 115 Å². The third kappa shape index (κ3) is 4.64. The summed E-state index contributed by atoms with van der Waals surface area (Å²) < 4.78 is 26.7. The van der Waals surface area contributed by atoms with E-state index in [0.29, 0.717) is 6.42 Å². The van der Waals surface area contributed by atoms with E-state index in [2.05, 4.69) is 20.7 Å². The van der Waals surface area contributed by atoms with Crippen LogP contribution in [0.3, 0.4) is 0 Å². The zero-order valence-electron chi connectivity index (χ0n) is 9.82. The van der Waals surface area contributed by atoms with Gasteiger partial charge in [-0.05, 0) is 34.5 Å². The van der Waals surface area contributed by atoms with Gasteiger partial charge in [-0.3, -0.25) is 4.79 Å². The van der Waals surface area contributed by atoms with Crippen molar-refractivity contribution in [2.24, 2.45) is 5.73 Å². The zero-order valence-corrected chi connectivity index (χ0v) is 13.0. The molecule has 0 radical (unpaired) electrons. The fourth-order valence-electron chi connectivity index (χ4n) is 1.33. The van der Waals surface area contributed by atoms with Crippen molar-refractivity contribution < 1.29 is 13.2 Å². The molecule has 1 aromatic carbocycles. The first kappa shape index (κ1) is 16.2. The van der Waals surface area contributed by atoms with E-state index in [4.69, 9.17) is 23.1 Å². The van der Waals surface area contributed by atoms with Crippen LogP contribution < -0.4 is 16.2 Å². The Bertz CT molecular complexity index is 592. The monoisotopic (exact) mass is 369 g/mol. The van der Waals surface area contributed by atoms with E-state index in [0.717, 1.165) is 0 Å². The van der Waals surface area contributed by atoms with Gasteiger partial charge in [0.05, 0.1) is 9.37 Å². The predicted molar refractivity (Wildman–Crippen MR) is 77.2 cm³/mol. The van der Waals surface area contributed by atoms with Crippen LogP contribution in [0.15, 0.2) is 21.5 Å². The van der Waals surface area contributed by atoms with Crippen LogP contribution in [0, 0.1) is 0 Å². The number of nitrogen functional groups attached to an aromatic ring is 1. The van der Waals surface area contributed by atoms with E-state index in [-0.39, 0.29) is 33.0 Å². The van der Waals surface area contributed by atoms with Gasteiger partial charge in [-0.15, -0.1) is 0 Å². The number of nitrogens with one attached hydrogen (secondary N) is 1. The maximum Gasteiger partial charge on any atom is 0.241 e. The highest BCUT2D eigenvalue weighted by atomic mass is 79.9. The number of sulfonamides is 1. The number of rotatable bonds is 6. The number of halogens is 2. The van der Waals surface area contributed by atoms with E-state index < -0.39 is 15.9 Å². The van der Waals surface area contributed by atoms with Crippen molar-refractivity contribution in [3.05, 3.63) is 21.6 Å². The molecule has 1 rings (SSSR count). The van der Waals surface area contributed by atoms with Gasteiger partial charge in [0, 0.05) is 23.7 Å². The first-order valence-electron chi connectivity index (χ1n) is 5.26. The minimum absolute atomic E-state index is 0.0448. The number of anilines is 1. The Morgan fingerprint density at radius 1 is 1.42 bits per heavy atom. The van der Waals surface area contributed by atoms with Crippen molar-refractivity contribution in [2.45, 2.75) is 17.7 Å². The molecule has 0 unspecified atom stereocenters. The molecule has 0 fully saturated rings. The molecule has 0 spiro atoms. The average Bonchev–Trinajstić information content (AvgIpc) is 2.29. The molecule has 0 bridgehead atoms. The summed E-state index contributed by atoms with van der Waals surface area (Å²) in [5, 5.41) is 0.221. The second kappa shape index (κ2) is 6.56. The molecule has 19 heavy (non-hydrogen) atoms.